The van der Waals surface area contributed by atoms with Gasteiger partial charge in [-0.3, -0.25) is 9.55 Å². The van der Waals surface area contributed by atoms with Crippen molar-refractivity contribution in [2.75, 3.05) is 6.61 Å². The summed E-state index contributed by atoms with van der Waals surface area (Å²) in [6.07, 6.45) is -1.43. The molecule has 3 unspecified atom stereocenters. The molecular formula is C9H11FN2O4S. The molecule has 1 aliphatic rings. The summed E-state index contributed by atoms with van der Waals surface area (Å²) in [6.45, 7) is -0.363. The first-order valence-electron chi connectivity index (χ1n) is 4.98. The lowest BCUT2D eigenvalue weighted by molar-refractivity contribution is -0.0461. The predicted molar refractivity (Wildman–Crippen MR) is 57.5 cm³/mol. The molecular weight excluding hydrogens is 251 g/mol. The largest absolute Gasteiger partial charge is 0.394 e. The second kappa shape index (κ2) is 4.65. The molecule has 0 amide bonds. The van der Waals surface area contributed by atoms with Crippen LogP contribution in [0.1, 0.15) is 12.6 Å². The smallest absolute Gasteiger partial charge is 0.328 e. The first-order chi connectivity index (χ1) is 8.02. The molecule has 2 rings (SSSR count). The van der Waals surface area contributed by atoms with Gasteiger partial charge < -0.3 is 14.9 Å². The summed E-state index contributed by atoms with van der Waals surface area (Å²) in [4.78, 5) is 13.7. The maximum atomic E-state index is 13.2. The van der Waals surface area contributed by atoms with Gasteiger partial charge in [0.05, 0.1) is 18.9 Å². The van der Waals surface area contributed by atoms with Crippen molar-refractivity contribution < 1.29 is 19.3 Å². The molecule has 0 bridgehead atoms. The van der Waals surface area contributed by atoms with Gasteiger partial charge in [-0.2, -0.15) is 0 Å². The zero-order chi connectivity index (χ0) is 12.6. The van der Waals surface area contributed by atoms with Gasteiger partial charge >= 0.3 is 5.69 Å². The van der Waals surface area contributed by atoms with Crippen molar-refractivity contribution in [3.05, 3.63) is 27.1 Å². The Morgan fingerprint density at radius 2 is 2.41 bits per heavy atom. The van der Waals surface area contributed by atoms with Crippen molar-refractivity contribution in [1.82, 2.24) is 9.55 Å². The number of nitrogens with one attached hydrogen (secondary N) is 1. The summed E-state index contributed by atoms with van der Waals surface area (Å²) in [5.41, 5.74) is -0.618. The number of hydrogen-bond donors (Lipinski definition) is 3. The molecule has 0 spiro atoms. The van der Waals surface area contributed by atoms with E-state index < -0.39 is 29.9 Å². The van der Waals surface area contributed by atoms with E-state index in [1.165, 1.54) is 0 Å². The molecule has 0 saturated carbocycles. The van der Waals surface area contributed by atoms with E-state index >= 15 is 0 Å². The Morgan fingerprint density at radius 1 is 1.71 bits per heavy atom. The van der Waals surface area contributed by atoms with Crippen molar-refractivity contribution in [2.24, 2.45) is 0 Å². The highest BCUT2D eigenvalue weighted by Crippen LogP contribution is 2.27. The third-order valence-corrected chi connectivity index (χ3v) is 2.92. The minimum Gasteiger partial charge on any atom is -0.394 e. The van der Waals surface area contributed by atoms with Crippen molar-refractivity contribution in [2.45, 2.75) is 24.9 Å². The number of halogens is 1. The fraction of sp³-hybridized carbons (Fsp3) is 0.556. The Kier molecular flexibility index (Phi) is 3.38. The molecule has 8 heteroatoms. The van der Waals surface area contributed by atoms with Crippen molar-refractivity contribution in [3.63, 3.8) is 0 Å². The number of aromatic nitrogens is 2. The molecule has 1 aliphatic heterocycles. The van der Waals surface area contributed by atoms with Crippen LogP contribution in [0.15, 0.2) is 11.0 Å². The number of ether oxygens (including phenoxy) is 1. The van der Waals surface area contributed by atoms with Gasteiger partial charge in [-0.25, -0.2) is 9.18 Å². The second-order valence-electron chi connectivity index (χ2n) is 3.76. The second-order valence-corrected chi connectivity index (χ2v) is 4.17. The highest BCUT2D eigenvalue weighted by Gasteiger charge is 2.35. The van der Waals surface area contributed by atoms with Gasteiger partial charge in [-0.05, 0) is 0 Å². The summed E-state index contributed by atoms with van der Waals surface area (Å²) >= 11 is 4.57. The molecule has 1 aromatic rings. The number of hydrogen-bond acceptors (Lipinski definition) is 5. The Labute approximate surface area is 100 Å². The average molecular weight is 262 g/mol. The fourth-order valence-electron chi connectivity index (χ4n) is 1.72. The average Bonchev–Trinajstić information content (AvgIpc) is 2.65. The van der Waals surface area contributed by atoms with Gasteiger partial charge in [0, 0.05) is 6.42 Å². The SMILES string of the molecule is O=c1[nH]c(=S)c(F)cn1C1CC(O)C(CO)O1. The Morgan fingerprint density at radius 3 is 3.00 bits per heavy atom. The molecule has 1 aromatic heterocycles. The van der Waals surface area contributed by atoms with Crippen LogP contribution in [0.5, 0.6) is 0 Å². The molecule has 2 heterocycles. The minimum atomic E-state index is -0.886. The van der Waals surface area contributed by atoms with Crippen LogP contribution in [-0.2, 0) is 4.74 Å². The van der Waals surface area contributed by atoms with Crippen LogP contribution in [0, 0.1) is 10.5 Å². The Balaban J connectivity index is 2.34. The van der Waals surface area contributed by atoms with E-state index in [0.717, 1.165) is 10.8 Å². The highest BCUT2D eigenvalue weighted by molar-refractivity contribution is 7.71. The fourth-order valence-corrected chi connectivity index (χ4v) is 1.86. The molecule has 94 valence electrons. The molecule has 17 heavy (non-hydrogen) atoms. The van der Waals surface area contributed by atoms with Crippen LogP contribution in [0.4, 0.5) is 4.39 Å². The molecule has 0 radical (unpaired) electrons. The molecule has 3 N–H and O–H groups in total. The molecule has 0 aliphatic carbocycles. The van der Waals surface area contributed by atoms with Gasteiger partial charge in [0.2, 0.25) is 0 Å². The third-order valence-electron chi connectivity index (χ3n) is 2.62. The number of rotatable bonds is 2. The lowest BCUT2D eigenvalue weighted by atomic mass is 10.2. The van der Waals surface area contributed by atoms with Crippen LogP contribution < -0.4 is 5.69 Å². The van der Waals surface area contributed by atoms with E-state index in [9.17, 15) is 14.3 Å². The number of H-pyrrole nitrogens is 1. The van der Waals surface area contributed by atoms with Gasteiger partial charge in [-0.1, -0.05) is 12.2 Å². The summed E-state index contributed by atoms with van der Waals surface area (Å²) in [7, 11) is 0. The summed E-state index contributed by atoms with van der Waals surface area (Å²) < 4.78 is 19.2. The molecule has 6 nitrogen and oxygen atoms in total. The zero-order valence-electron chi connectivity index (χ0n) is 8.67. The first kappa shape index (κ1) is 12.4. The molecule has 3 atom stereocenters. The van der Waals surface area contributed by atoms with Gasteiger partial charge in [0.15, 0.2) is 5.82 Å². The normalized spacial score (nSPS) is 28.5. The van der Waals surface area contributed by atoms with E-state index in [2.05, 4.69) is 17.2 Å². The summed E-state index contributed by atoms with van der Waals surface area (Å²) in [6, 6.07) is 0. The van der Waals surface area contributed by atoms with E-state index in [1.54, 1.807) is 0 Å². The van der Waals surface area contributed by atoms with Gasteiger partial charge in [-0.15, -0.1) is 0 Å². The molecule has 0 aromatic carbocycles. The summed E-state index contributed by atoms with van der Waals surface area (Å²) in [5, 5.41) is 18.4. The summed E-state index contributed by atoms with van der Waals surface area (Å²) in [5.74, 6) is -0.745. The topological polar surface area (TPSA) is 87.5 Å². The lowest BCUT2D eigenvalue weighted by Gasteiger charge is -2.14. The number of nitrogens with zero attached hydrogens (tertiary/aromatic N) is 1. The van der Waals surface area contributed by atoms with Crippen LogP contribution in [0.3, 0.4) is 0 Å². The van der Waals surface area contributed by atoms with Crippen molar-refractivity contribution in [1.29, 1.82) is 0 Å². The standard InChI is InChI=1S/C9H11FN2O4S/c10-4-2-12(9(15)11-8(4)17)7-1-5(14)6(3-13)16-7/h2,5-7,13-14H,1,3H2,(H,11,15,17). The lowest BCUT2D eigenvalue weighted by Crippen LogP contribution is -2.28. The van der Waals surface area contributed by atoms with E-state index in [0.29, 0.717) is 0 Å². The van der Waals surface area contributed by atoms with E-state index in [4.69, 9.17) is 9.84 Å². The zero-order valence-corrected chi connectivity index (χ0v) is 9.48. The maximum absolute atomic E-state index is 13.2. The van der Waals surface area contributed by atoms with Crippen LogP contribution >= 0.6 is 12.2 Å². The highest BCUT2D eigenvalue weighted by atomic mass is 32.1. The monoisotopic (exact) mass is 262 g/mol. The van der Waals surface area contributed by atoms with Crippen LogP contribution in [0.2, 0.25) is 0 Å². The van der Waals surface area contributed by atoms with Crippen LogP contribution in [0.25, 0.3) is 0 Å². The van der Waals surface area contributed by atoms with Crippen LogP contribution in [-0.4, -0.2) is 38.6 Å². The number of aromatic amines is 1. The number of aliphatic hydroxyl groups excluding tert-OH is 2. The molecule has 1 fully saturated rings. The predicted octanol–water partition coefficient (Wildman–Crippen LogP) is -0.314. The van der Waals surface area contributed by atoms with E-state index in [1.807, 2.05) is 0 Å². The first-order valence-corrected chi connectivity index (χ1v) is 5.39. The van der Waals surface area contributed by atoms with Gasteiger partial charge in [0.25, 0.3) is 0 Å². The van der Waals surface area contributed by atoms with Crippen molar-refractivity contribution in [3.8, 4) is 0 Å². The minimum absolute atomic E-state index is 0.106. The van der Waals surface area contributed by atoms with Crippen molar-refractivity contribution >= 4 is 12.2 Å². The Bertz CT molecular complexity index is 528. The maximum Gasteiger partial charge on any atom is 0.328 e. The molecule has 1 saturated heterocycles. The number of aliphatic hydroxyl groups is 2. The van der Waals surface area contributed by atoms with Gasteiger partial charge in [0.1, 0.15) is 17.0 Å². The Hall–Kier alpha value is -1.09. The van der Waals surface area contributed by atoms with E-state index in [-0.39, 0.29) is 17.7 Å². The third kappa shape index (κ3) is 2.29. The quantitative estimate of drug-likeness (QED) is 0.636.